The summed E-state index contributed by atoms with van der Waals surface area (Å²) in [6.45, 7) is 3.26. The predicted octanol–water partition coefficient (Wildman–Crippen LogP) is 2.89. The second-order valence-corrected chi connectivity index (χ2v) is 19.8. The molecule has 0 amide bonds. The van der Waals surface area contributed by atoms with E-state index in [1.165, 1.54) is 32.9 Å². The largest absolute Gasteiger partial charge is 0.487 e. The molecule has 0 radical (unpaired) electrons. The van der Waals surface area contributed by atoms with E-state index in [1.54, 1.807) is 45.5 Å². The number of aromatic nitrogens is 2. The van der Waals surface area contributed by atoms with Crippen LogP contribution >= 0.6 is 0 Å². The number of rotatable bonds is 4. The molecule has 0 spiro atoms. The highest BCUT2D eigenvalue weighted by molar-refractivity contribution is 7.89. The standard InChI is InChI=1S/C42H48N4O12S2/c47-41-5-1-3-35-31-19-29(25-45(35)41)23-43(27-31)59(49,50)33-7-9-37-39(21-33)57-17-13-54-14-18-58-40-22-34(8-10-38(40)56-16-12-53-11-15-55-37)60(51,52)44-24-30-20-32(28-44)36-4-2-6-42(48)46(36)26-30/h1-10,21-22,29-32H,11-20,23-28H2. The fourth-order valence-corrected chi connectivity index (χ4v) is 12.4. The van der Waals surface area contributed by atoms with Crippen LogP contribution in [-0.2, 0) is 42.6 Å². The molecule has 0 N–H and O–H groups in total. The van der Waals surface area contributed by atoms with Gasteiger partial charge in [0.05, 0.1) is 36.2 Å². The van der Waals surface area contributed by atoms with Gasteiger partial charge in [0.2, 0.25) is 20.0 Å². The van der Waals surface area contributed by atoms with E-state index in [1.807, 2.05) is 12.1 Å². The van der Waals surface area contributed by atoms with Gasteiger partial charge >= 0.3 is 0 Å². The molecule has 2 fully saturated rings. The Hall–Kier alpha value is -4.72. The number of ether oxygens (including phenoxy) is 6. The Morgan fingerprint density at radius 3 is 1.27 bits per heavy atom. The topological polar surface area (TPSA) is 174 Å². The first-order valence-corrected chi connectivity index (χ1v) is 23.3. The van der Waals surface area contributed by atoms with Crippen molar-refractivity contribution >= 4 is 20.0 Å². The summed E-state index contributed by atoms with van der Waals surface area (Å²) in [5, 5.41) is 0. The molecule has 4 aromatic rings. The Bertz CT molecular complexity index is 2400. The Morgan fingerprint density at radius 1 is 0.450 bits per heavy atom. The fourth-order valence-electron chi connectivity index (χ4n) is 9.20. The van der Waals surface area contributed by atoms with Crippen molar-refractivity contribution in [2.75, 3.05) is 79.0 Å². The van der Waals surface area contributed by atoms with E-state index in [0.717, 1.165) is 24.2 Å². The first-order valence-electron chi connectivity index (χ1n) is 20.4. The summed E-state index contributed by atoms with van der Waals surface area (Å²) in [7, 11) is -7.83. The van der Waals surface area contributed by atoms with E-state index in [2.05, 4.69) is 0 Å². The second kappa shape index (κ2) is 17.0. The normalized spacial score (nSPS) is 24.3. The summed E-state index contributed by atoms with van der Waals surface area (Å²) in [4.78, 5) is 25.2. The van der Waals surface area contributed by atoms with Gasteiger partial charge in [-0.15, -0.1) is 0 Å². The van der Waals surface area contributed by atoms with Crippen LogP contribution in [0, 0.1) is 11.8 Å². The van der Waals surface area contributed by atoms with E-state index < -0.39 is 20.0 Å². The van der Waals surface area contributed by atoms with Crippen LogP contribution in [0.1, 0.15) is 36.1 Å². The van der Waals surface area contributed by atoms with Crippen molar-refractivity contribution in [3.63, 3.8) is 0 Å². The van der Waals surface area contributed by atoms with Gasteiger partial charge in [-0.3, -0.25) is 9.59 Å². The molecule has 4 atom stereocenters. The Kier molecular flexibility index (Phi) is 11.5. The highest BCUT2D eigenvalue weighted by Gasteiger charge is 2.41. The highest BCUT2D eigenvalue weighted by Crippen LogP contribution is 2.40. The molecule has 0 aliphatic carbocycles. The lowest BCUT2D eigenvalue weighted by atomic mass is 9.84. The molecule has 7 heterocycles. The van der Waals surface area contributed by atoms with E-state index in [-0.39, 0.29) is 122 Å². The maximum atomic E-state index is 14.1. The van der Waals surface area contributed by atoms with Crippen molar-refractivity contribution in [3.8, 4) is 23.0 Å². The summed E-state index contributed by atoms with van der Waals surface area (Å²) in [6.07, 6.45) is 1.65. The predicted molar refractivity (Wildman–Crippen MR) is 217 cm³/mol. The summed E-state index contributed by atoms with van der Waals surface area (Å²) in [6, 6.07) is 19.5. The third-order valence-corrected chi connectivity index (χ3v) is 15.6. The number of piperidine rings is 2. The third-order valence-electron chi connectivity index (χ3n) is 11.9. The van der Waals surface area contributed by atoms with Crippen LogP contribution in [0.25, 0.3) is 0 Å². The summed E-state index contributed by atoms with van der Waals surface area (Å²) in [5.74, 6) is 1.08. The zero-order valence-corrected chi connectivity index (χ0v) is 34.7. The minimum absolute atomic E-state index is 0.0219. The number of fused-ring (bicyclic) bond motifs is 10. The van der Waals surface area contributed by atoms with E-state index in [4.69, 9.17) is 28.4 Å². The fraction of sp³-hybridized carbons (Fsp3) is 0.476. The molecule has 320 valence electrons. The molecule has 18 heteroatoms. The lowest BCUT2D eigenvalue weighted by Crippen LogP contribution is -2.49. The zero-order chi connectivity index (χ0) is 41.4. The van der Waals surface area contributed by atoms with Crippen LogP contribution in [0.4, 0.5) is 0 Å². The van der Waals surface area contributed by atoms with Gasteiger partial charge < -0.3 is 37.6 Å². The lowest BCUT2D eigenvalue weighted by molar-refractivity contribution is 0.0639. The van der Waals surface area contributed by atoms with Gasteiger partial charge in [-0.25, -0.2) is 16.8 Å². The first kappa shape index (κ1) is 40.7. The van der Waals surface area contributed by atoms with Crippen molar-refractivity contribution in [3.05, 3.63) is 105 Å². The summed E-state index contributed by atoms with van der Waals surface area (Å²) in [5.41, 5.74) is 1.60. The molecule has 2 aromatic heterocycles. The summed E-state index contributed by atoms with van der Waals surface area (Å²) >= 11 is 0. The molecule has 2 saturated heterocycles. The van der Waals surface area contributed by atoms with Crippen molar-refractivity contribution in [1.82, 2.24) is 17.7 Å². The zero-order valence-electron chi connectivity index (χ0n) is 33.1. The van der Waals surface area contributed by atoms with Crippen LogP contribution < -0.4 is 30.1 Å². The van der Waals surface area contributed by atoms with Gasteiger partial charge in [0.15, 0.2) is 23.0 Å². The molecular weight excluding hydrogens is 817 g/mol. The molecule has 60 heavy (non-hydrogen) atoms. The van der Waals surface area contributed by atoms with Gasteiger partial charge in [-0.1, -0.05) is 12.1 Å². The number of pyridine rings is 2. The van der Waals surface area contributed by atoms with E-state index in [9.17, 15) is 26.4 Å². The molecule has 2 aromatic carbocycles. The van der Waals surface area contributed by atoms with E-state index in [0.29, 0.717) is 37.7 Å². The van der Waals surface area contributed by atoms with Crippen LogP contribution in [-0.4, -0.2) is 114 Å². The molecule has 16 nitrogen and oxygen atoms in total. The Morgan fingerprint density at radius 2 is 0.850 bits per heavy atom. The average Bonchev–Trinajstić information content (AvgIpc) is 3.24. The van der Waals surface area contributed by atoms with E-state index >= 15 is 0 Å². The summed E-state index contributed by atoms with van der Waals surface area (Å²) < 4.78 is 98.4. The second-order valence-electron chi connectivity index (χ2n) is 15.9. The van der Waals surface area contributed by atoms with Gasteiger partial charge in [0.1, 0.15) is 26.4 Å². The van der Waals surface area contributed by atoms with Crippen LogP contribution in [0.2, 0.25) is 0 Å². The van der Waals surface area contributed by atoms with Gasteiger partial charge in [0.25, 0.3) is 11.1 Å². The van der Waals surface area contributed by atoms with Crippen LogP contribution in [0.3, 0.4) is 0 Å². The highest BCUT2D eigenvalue weighted by atomic mass is 32.2. The minimum atomic E-state index is -3.91. The van der Waals surface area contributed by atoms with Gasteiger partial charge in [-0.2, -0.15) is 8.61 Å². The number of nitrogens with zero attached hydrogens (tertiary/aromatic N) is 4. The molecule has 9 rings (SSSR count). The Balaban J connectivity index is 0.853. The third kappa shape index (κ3) is 8.20. The number of hydrogen-bond donors (Lipinski definition) is 0. The quantitative estimate of drug-likeness (QED) is 0.294. The number of hydrogen-bond acceptors (Lipinski definition) is 12. The monoisotopic (exact) mass is 864 g/mol. The smallest absolute Gasteiger partial charge is 0.250 e. The first-order chi connectivity index (χ1) is 29.0. The molecular formula is C42H48N4O12S2. The van der Waals surface area contributed by atoms with Crippen molar-refractivity contribution in [1.29, 1.82) is 0 Å². The maximum Gasteiger partial charge on any atom is 0.250 e. The number of sulfonamides is 2. The van der Waals surface area contributed by atoms with Gasteiger partial charge in [0, 0.05) is 86.8 Å². The minimum Gasteiger partial charge on any atom is -0.487 e. The number of benzene rings is 2. The SMILES string of the molecule is O=c1cccc2n1CC1CC2CN(S(=O)(=O)c2ccc3c(c2)OCCOCCOc2cc(S(=O)(=O)N4CC5CC(C4)c4cccc(=O)n4C5)ccc2OCCOCCO3)C1. The molecule has 4 unspecified atom stereocenters. The van der Waals surface area contributed by atoms with Gasteiger partial charge in [-0.05, 0) is 61.1 Å². The van der Waals surface area contributed by atoms with Crippen LogP contribution in [0.15, 0.2) is 92.2 Å². The van der Waals surface area contributed by atoms with Crippen molar-refractivity contribution in [2.24, 2.45) is 11.8 Å². The molecule has 5 aliphatic heterocycles. The average molecular weight is 865 g/mol. The van der Waals surface area contributed by atoms with Crippen molar-refractivity contribution < 1.29 is 45.3 Å². The molecule has 0 saturated carbocycles. The lowest BCUT2D eigenvalue weighted by Gasteiger charge is -2.42. The maximum absolute atomic E-state index is 14.1. The molecule has 4 bridgehead atoms. The molecule has 5 aliphatic rings. The van der Waals surface area contributed by atoms with Crippen molar-refractivity contribution in [2.45, 2.75) is 47.6 Å². The Labute approximate surface area is 348 Å². The van der Waals surface area contributed by atoms with Crippen LogP contribution in [0.5, 0.6) is 23.0 Å².